The molecule has 0 radical (unpaired) electrons. The van der Waals surface area contributed by atoms with Crippen molar-refractivity contribution in [1.29, 1.82) is 0 Å². The Balaban J connectivity index is 1.78. The van der Waals surface area contributed by atoms with Crippen molar-refractivity contribution in [1.82, 2.24) is 4.98 Å². The lowest BCUT2D eigenvalue weighted by atomic mass is 10.0. The summed E-state index contributed by atoms with van der Waals surface area (Å²) in [5.74, 6) is 0. The van der Waals surface area contributed by atoms with Crippen molar-refractivity contribution >= 4 is 10.8 Å². The Morgan fingerprint density at radius 3 is 2.53 bits per heavy atom. The van der Waals surface area contributed by atoms with Gasteiger partial charge >= 0.3 is 0 Å². The van der Waals surface area contributed by atoms with E-state index in [2.05, 4.69) is 36.2 Å². The molecule has 2 rings (SSSR count). The van der Waals surface area contributed by atoms with Gasteiger partial charge in [-0.25, -0.2) is 0 Å². The second-order valence-corrected chi connectivity index (χ2v) is 5.39. The third-order valence-corrected chi connectivity index (χ3v) is 3.82. The zero-order valence-corrected chi connectivity index (χ0v) is 12.1. The standard InChI is InChI=1S/C18H25N/c1-2-3-4-5-6-7-8-10-16-11-9-12-17-15-19-14-13-18(16)17/h9,11-15H,2-8,10H2,1H3. The molecule has 0 aliphatic heterocycles. The van der Waals surface area contributed by atoms with Crippen molar-refractivity contribution in [2.75, 3.05) is 0 Å². The number of rotatable bonds is 8. The summed E-state index contributed by atoms with van der Waals surface area (Å²) in [4.78, 5) is 4.19. The van der Waals surface area contributed by atoms with Crippen molar-refractivity contribution in [3.63, 3.8) is 0 Å². The quantitative estimate of drug-likeness (QED) is 0.565. The summed E-state index contributed by atoms with van der Waals surface area (Å²) >= 11 is 0. The van der Waals surface area contributed by atoms with Gasteiger partial charge in [0, 0.05) is 17.8 Å². The number of aromatic nitrogens is 1. The lowest BCUT2D eigenvalue weighted by Gasteiger charge is -2.06. The van der Waals surface area contributed by atoms with Crippen molar-refractivity contribution in [2.45, 2.75) is 58.3 Å². The highest BCUT2D eigenvalue weighted by Gasteiger charge is 2.00. The first kappa shape index (κ1) is 14.0. The van der Waals surface area contributed by atoms with E-state index >= 15 is 0 Å². The average Bonchev–Trinajstić information content (AvgIpc) is 2.46. The van der Waals surface area contributed by atoms with E-state index in [1.807, 2.05) is 12.4 Å². The molecule has 1 aromatic carbocycles. The number of fused-ring (bicyclic) bond motifs is 1. The molecule has 19 heavy (non-hydrogen) atoms. The summed E-state index contributed by atoms with van der Waals surface area (Å²) in [6.07, 6.45) is 14.7. The number of hydrogen-bond donors (Lipinski definition) is 0. The van der Waals surface area contributed by atoms with E-state index in [1.165, 1.54) is 67.7 Å². The lowest BCUT2D eigenvalue weighted by Crippen LogP contribution is -1.89. The second-order valence-electron chi connectivity index (χ2n) is 5.39. The van der Waals surface area contributed by atoms with Crippen LogP contribution < -0.4 is 0 Å². The number of nitrogens with zero attached hydrogens (tertiary/aromatic N) is 1. The van der Waals surface area contributed by atoms with Crippen LogP contribution in [-0.2, 0) is 6.42 Å². The summed E-state index contributed by atoms with van der Waals surface area (Å²) in [5, 5.41) is 2.64. The van der Waals surface area contributed by atoms with Gasteiger partial charge in [0.15, 0.2) is 0 Å². The Morgan fingerprint density at radius 2 is 1.68 bits per heavy atom. The molecule has 0 N–H and O–H groups in total. The van der Waals surface area contributed by atoms with Crippen LogP contribution in [0.5, 0.6) is 0 Å². The van der Waals surface area contributed by atoms with Gasteiger partial charge in [-0.3, -0.25) is 4.98 Å². The normalized spacial score (nSPS) is 11.0. The molecule has 0 aliphatic rings. The fourth-order valence-corrected chi connectivity index (χ4v) is 2.68. The maximum Gasteiger partial charge on any atom is 0.0346 e. The van der Waals surface area contributed by atoms with Gasteiger partial charge < -0.3 is 0 Å². The highest BCUT2D eigenvalue weighted by molar-refractivity contribution is 5.84. The fourth-order valence-electron chi connectivity index (χ4n) is 2.68. The minimum atomic E-state index is 1.20. The molecule has 0 fully saturated rings. The molecule has 0 bridgehead atoms. The number of aryl methyl sites for hydroxylation is 1. The molecule has 0 saturated carbocycles. The second kappa shape index (κ2) is 7.93. The highest BCUT2D eigenvalue weighted by atomic mass is 14.6. The molecule has 0 amide bonds. The van der Waals surface area contributed by atoms with Gasteiger partial charge in [0.1, 0.15) is 0 Å². The largest absolute Gasteiger partial charge is 0.264 e. The van der Waals surface area contributed by atoms with E-state index in [0.29, 0.717) is 0 Å². The minimum absolute atomic E-state index is 1.20. The molecular weight excluding hydrogens is 230 g/mol. The Hall–Kier alpha value is -1.37. The summed E-state index contributed by atoms with van der Waals surface area (Å²) in [7, 11) is 0. The van der Waals surface area contributed by atoms with Gasteiger partial charge in [0.05, 0.1) is 0 Å². The molecule has 0 saturated heterocycles. The zero-order valence-electron chi connectivity index (χ0n) is 12.1. The minimum Gasteiger partial charge on any atom is -0.264 e. The van der Waals surface area contributed by atoms with Crippen LogP contribution in [0, 0.1) is 0 Å². The fraction of sp³-hybridized carbons (Fsp3) is 0.500. The monoisotopic (exact) mass is 255 g/mol. The van der Waals surface area contributed by atoms with E-state index in [9.17, 15) is 0 Å². The Bertz CT molecular complexity index is 485. The maximum absolute atomic E-state index is 4.19. The Labute approximate surface area is 117 Å². The number of pyridine rings is 1. The van der Waals surface area contributed by atoms with Crippen LogP contribution in [0.4, 0.5) is 0 Å². The first-order chi connectivity index (χ1) is 9.42. The van der Waals surface area contributed by atoms with E-state index in [4.69, 9.17) is 0 Å². The smallest absolute Gasteiger partial charge is 0.0346 e. The van der Waals surface area contributed by atoms with Gasteiger partial charge in [-0.2, -0.15) is 0 Å². The van der Waals surface area contributed by atoms with Crippen LogP contribution in [-0.4, -0.2) is 4.98 Å². The third kappa shape index (κ3) is 4.34. The van der Waals surface area contributed by atoms with Crippen LogP contribution in [0.15, 0.2) is 36.7 Å². The molecule has 0 aliphatic carbocycles. The number of benzene rings is 1. The predicted octanol–water partition coefficient (Wildman–Crippen LogP) is 5.53. The van der Waals surface area contributed by atoms with E-state index in [1.54, 1.807) is 0 Å². The van der Waals surface area contributed by atoms with Crippen molar-refractivity contribution in [2.24, 2.45) is 0 Å². The Kier molecular flexibility index (Phi) is 5.87. The molecule has 1 heteroatoms. The first-order valence-electron chi connectivity index (χ1n) is 7.73. The highest BCUT2D eigenvalue weighted by Crippen LogP contribution is 2.19. The van der Waals surface area contributed by atoms with Crippen molar-refractivity contribution in [3.05, 3.63) is 42.2 Å². The topological polar surface area (TPSA) is 12.9 Å². The van der Waals surface area contributed by atoms with Crippen molar-refractivity contribution < 1.29 is 0 Å². The van der Waals surface area contributed by atoms with Gasteiger partial charge in [-0.05, 0) is 29.9 Å². The zero-order chi connectivity index (χ0) is 13.3. The molecule has 1 aromatic heterocycles. The molecule has 2 aromatic rings. The molecule has 1 nitrogen and oxygen atoms in total. The van der Waals surface area contributed by atoms with Gasteiger partial charge in [0.25, 0.3) is 0 Å². The van der Waals surface area contributed by atoms with Gasteiger partial charge in [0.2, 0.25) is 0 Å². The number of unbranched alkanes of at least 4 members (excludes halogenated alkanes) is 6. The maximum atomic E-state index is 4.19. The summed E-state index contributed by atoms with van der Waals surface area (Å²) in [5.41, 5.74) is 1.48. The van der Waals surface area contributed by atoms with Crippen LogP contribution in [0.25, 0.3) is 10.8 Å². The SMILES string of the molecule is CCCCCCCCCc1cccc2cnccc12. The van der Waals surface area contributed by atoms with Gasteiger partial charge in [-0.1, -0.05) is 63.6 Å². The lowest BCUT2D eigenvalue weighted by molar-refractivity contribution is 0.590. The molecule has 102 valence electrons. The number of hydrogen-bond acceptors (Lipinski definition) is 1. The average molecular weight is 255 g/mol. The summed E-state index contributed by atoms with van der Waals surface area (Å²) in [6, 6.07) is 8.71. The van der Waals surface area contributed by atoms with Crippen molar-refractivity contribution in [3.8, 4) is 0 Å². The van der Waals surface area contributed by atoms with Crippen LogP contribution in [0.1, 0.15) is 57.4 Å². The molecule has 1 heterocycles. The molecule has 0 spiro atoms. The summed E-state index contributed by atoms with van der Waals surface area (Å²) in [6.45, 7) is 2.27. The molecule has 0 atom stereocenters. The predicted molar refractivity (Wildman–Crippen MR) is 83.4 cm³/mol. The third-order valence-electron chi connectivity index (χ3n) is 3.82. The van der Waals surface area contributed by atoms with Gasteiger partial charge in [-0.15, -0.1) is 0 Å². The van der Waals surface area contributed by atoms with E-state index < -0.39 is 0 Å². The molecule has 0 unspecified atom stereocenters. The Morgan fingerprint density at radius 1 is 0.895 bits per heavy atom. The molecular formula is C18H25N. The first-order valence-corrected chi connectivity index (χ1v) is 7.73. The van der Waals surface area contributed by atoms with Crippen LogP contribution in [0.3, 0.4) is 0 Å². The van der Waals surface area contributed by atoms with E-state index in [0.717, 1.165) is 0 Å². The van der Waals surface area contributed by atoms with E-state index in [-0.39, 0.29) is 0 Å². The summed E-state index contributed by atoms with van der Waals surface area (Å²) < 4.78 is 0. The van der Waals surface area contributed by atoms with Crippen LogP contribution >= 0.6 is 0 Å². The van der Waals surface area contributed by atoms with Crippen LogP contribution in [0.2, 0.25) is 0 Å².